The van der Waals surface area contributed by atoms with Crippen LogP contribution >= 0.6 is 0 Å². The van der Waals surface area contributed by atoms with Gasteiger partial charge < -0.3 is 9.73 Å². The number of furan rings is 1. The van der Waals surface area contributed by atoms with Crippen LogP contribution in [0.15, 0.2) is 46.1 Å². The van der Waals surface area contributed by atoms with Gasteiger partial charge in [0.1, 0.15) is 0 Å². The van der Waals surface area contributed by atoms with Crippen molar-refractivity contribution in [1.82, 2.24) is 4.72 Å². The highest BCUT2D eigenvalue weighted by Crippen LogP contribution is 2.25. The Labute approximate surface area is 111 Å². The van der Waals surface area contributed by atoms with Crippen LogP contribution in [0.25, 0.3) is 0 Å². The van der Waals surface area contributed by atoms with E-state index >= 15 is 0 Å². The van der Waals surface area contributed by atoms with E-state index in [9.17, 15) is 8.42 Å². The molecule has 6 heteroatoms. The maximum Gasteiger partial charge on any atom is 0.240 e. The lowest BCUT2D eigenvalue weighted by molar-refractivity contribution is 0.561. The first-order chi connectivity index (χ1) is 9.15. The standard InChI is InChI=1S/C13H14N2O3S/c16-19(17,15-8-10-4-6-18-9-10)12-1-2-13-11(7-12)3-5-14-13/h1-2,4,6-7,9,14-15H,3,5,8H2. The second-order valence-electron chi connectivity index (χ2n) is 4.45. The number of rotatable bonds is 4. The van der Waals surface area contributed by atoms with Crippen molar-refractivity contribution in [1.29, 1.82) is 0 Å². The van der Waals surface area contributed by atoms with Crippen LogP contribution < -0.4 is 10.0 Å². The summed E-state index contributed by atoms with van der Waals surface area (Å²) in [7, 11) is -3.48. The fourth-order valence-electron chi connectivity index (χ4n) is 2.10. The van der Waals surface area contributed by atoms with Gasteiger partial charge in [0.05, 0.1) is 17.4 Å². The second kappa shape index (κ2) is 4.71. The number of benzene rings is 1. The van der Waals surface area contributed by atoms with E-state index < -0.39 is 10.0 Å². The Hall–Kier alpha value is -1.79. The highest BCUT2D eigenvalue weighted by molar-refractivity contribution is 7.89. The fraction of sp³-hybridized carbons (Fsp3) is 0.231. The smallest absolute Gasteiger partial charge is 0.240 e. The Bertz CT molecular complexity index is 678. The van der Waals surface area contributed by atoms with Gasteiger partial charge >= 0.3 is 0 Å². The summed E-state index contributed by atoms with van der Waals surface area (Å²) < 4.78 is 31.8. The van der Waals surface area contributed by atoms with Crippen molar-refractivity contribution in [3.8, 4) is 0 Å². The van der Waals surface area contributed by atoms with E-state index in [4.69, 9.17) is 4.42 Å². The summed E-state index contributed by atoms with van der Waals surface area (Å²) in [4.78, 5) is 0.304. The molecular formula is C13H14N2O3S. The zero-order chi connectivity index (χ0) is 13.3. The maximum atomic E-state index is 12.2. The first-order valence-electron chi connectivity index (χ1n) is 6.03. The lowest BCUT2D eigenvalue weighted by Gasteiger charge is -2.07. The Morgan fingerprint density at radius 1 is 1.32 bits per heavy atom. The molecule has 0 fully saturated rings. The van der Waals surface area contributed by atoms with Crippen LogP contribution in [-0.2, 0) is 23.0 Å². The molecule has 1 aromatic carbocycles. The van der Waals surface area contributed by atoms with Crippen molar-refractivity contribution in [2.75, 3.05) is 11.9 Å². The highest BCUT2D eigenvalue weighted by atomic mass is 32.2. The number of anilines is 1. The van der Waals surface area contributed by atoms with E-state index in [1.165, 1.54) is 12.5 Å². The van der Waals surface area contributed by atoms with Gasteiger partial charge in [-0.05, 0) is 36.2 Å². The quantitative estimate of drug-likeness (QED) is 0.893. The van der Waals surface area contributed by atoms with Gasteiger partial charge in [0.25, 0.3) is 0 Å². The van der Waals surface area contributed by atoms with Crippen molar-refractivity contribution in [2.24, 2.45) is 0 Å². The molecule has 0 saturated carbocycles. The third kappa shape index (κ3) is 2.50. The summed E-state index contributed by atoms with van der Waals surface area (Å²) in [5.41, 5.74) is 2.87. The summed E-state index contributed by atoms with van der Waals surface area (Å²) in [5, 5.41) is 3.21. The highest BCUT2D eigenvalue weighted by Gasteiger charge is 2.18. The van der Waals surface area contributed by atoms with E-state index in [1.807, 2.05) is 6.07 Å². The molecule has 2 heterocycles. The fourth-order valence-corrected chi connectivity index (χ4v) is 3.17. The number of nitrogens with one attached hydrogen (secondary N) is 2. The zero-order valence-corrected chi connectivity index (χ0v) is 11.0. The van der Waals surface area contributed by atoms with Crippen LogP contribution in [0.4, 0.5) is 5.69 Å². The van der Waals surface area contributed by atoms with E-state index in [1.54, 1.807) is 18.2 Å². The average molecular weight is 278 g/mol. The molecule has 3 rings (SSSR count). The number of hydrogen-bond acceptors (Lipinski definition) is 4. The first kappa shape index (κ1) is 12.3. The van der Waals surface area contributed by atoms with Crippen molar-refractivity contribution >= 4 is 15.7 Å². The number of hydrogen-bond donors (Lipinski definition) is 2. The van der Waals surface area contributed by atoms with Crippen molar-refractivity contribution in [2.45, 2.75) is 17.9 Å². The third-order valence-corrected chi connectivity index (χ3v) is 4.54. The van der Waals surface area contributed by atoms with E-state index in [0.29, 0.717) is 4.90 Å². The van der Waals surface area contributed by atoms with Crippen LogP contribution in [0.5, 0.6) is 0 Å². The summed E-state index contributed by atoms with van der Waals surface area (Å²) in [6, 6.07) is 6.89. The summed E-state index contributed by atoms with van der Waals surface area (Å²) in [6.07, 6.45) is 3.90. The SMILES string of the molecule is O=S(=O)(NCc1ccoc1)c1ccc2c(c1)CCN2. The topological polar surface area (TPSA) is 71.3 Å². The summed E-state index contributed by atoms with van der Waals surface area (Å²) in [5.74, 6) is 0. The van der Waals surface area contributed by atoms with Crippen LogP contribution in [0, 0.1) is 0 Å². The normalized spacial score (nSPS) is 14.1. The van der Waals surface area contributed by atoms with Gasteiger partial charge in [0, 0.05) is 24.3 Å². The molecule has 0 amide bonds. The van der Waals surface area contributed by atoms with Gasteiger partial charge in [-0.2, -0.15) is 0 Å². The van der Waals surface area contributed by atoms with Crippen molar-refractivity contribution < 1.29 is 12.8 Å². The van der Waals surface area contributed by atoms with E-state index in [0.717, 1.165) is 29.8 Å². The molecule has 0 spiro atoms. The van der Waals surface area contributed by atoms with Gasteiger partial charge in [-0.3, -0.25) is 0 Å². The summed E-state index contributed by atoms with van der Waals surface area (Å²) in [6.45, 7) is 1.09. The molecule has 5 nitrogen and oxygen atoms in total. The molecule has 19 heavy (non-hydrogen) atoms. The average Bonchev–Trinajstić information content (AvgIpc) is 3.06. The van der Waals surface area contributed by atoms with Gasteiger partial charge in [0.2, 0.25) is 10.0 Å². The summed E-state index contributed by atoms with van der Waals surface area (Å²) >= 11 is 0. The molecular weight excluding hydrogens is 264 g/mol. The van der Waals surface area contributed by atoms with E-state index in [2.05, 4.69) is 10.0 Å². The third-order valence-electron chi connectivity index (χ3n) is 3.14. The lowest BCUT2D eigenvalue weighted by Crippen LogP contribution is -2.23. The predicted octanol–water partition coefficient (Wildman–Crippen LogP) is 1.73. The molecule has 0 bridgehead atoms. The second-order valence-corrected chi connectivity index (χ2v) is 6.22. The molecule has 0 unspecified atom stereocenters. The van der Waals surface area contributed by atoms with Crippen LogP contribution in [0.2, 0.25) is 0 Å². The van der Waals surface area contributed by atoms with E-state index in [-0.39, 0.29) is 6.54 Å². The Morgan fingerprint density at radius 2 is 2.21 bits per heavy atom. The minimum absolute atomic E-state index is 0.230. The van der Waals surface area contributed by atoms with Gasteiger partial charge in [-0.15, -0.1) is 0 Å². The molecule has 1 aliphatic heterocycles. The number of sulfonamides is 1. The predicted molar refractivity (Wildman–Crippen MR) is 71.4 cm³/mol. The molecule has 1 aliphatic rings. The zero-order valence-electron chi connectivity index (χ0n) is 10.2. The minimum atomic E-state index is -3.48. The van der Waals surface area contributed by atoms with Gasteiger partial charge in [0.15, 0.2) is 0 Å². The first-order valence-corrected chi connectivity index (χ1v) is 7.51. The Kier molecular flexibility index (Phi) is 3.04. The van der Waals surface area contributed by atoms with Crippen molar-refractivity contribution in [3.63, 3.8) is 0 Å². The van der Waals surface area contributed by atoms with Gasteiger partial charge in [-0.1, -0.05) is 0 Å². The van der Waals surface area contributed by atoms with Gasteiger partial charge in [-0.25, -0.2) is 13.1 Å². The molecule has 0 atom stereocenters. The molecule has 2 aromatic rings. The molecule has 0 aliphatic carbocycles. The Morgan fingerprint density at radius 3 is 3.00 bits per heavy atom. The van der Waals surface area contributed by atoms with Crippen molar-refractivity contribution in [3.05, 3.63) is 47.9 Å². The molecule has 100 valence electrons. The monoisotopic (exact) mass is 278 g/mol. The molecule has 1 aromatic heterocycles. The molecule has 0 radical (unpaired) electrons. The lowest BCUT2D eigenvalue weighted by atomic mass is 10.2. The van der Waals surface area contributed by atoms with Crippen LogP contribution in [-0.4, -0.2) is 15.0 Å². The number of fused-ring (bicyclic) bond motifs is 1. The van der Waals surface area contributed by atoms with Crippen LogP contribution in [0.3, 0.4) is 0 Å². The molecule has 2 N–H and O–H groups in total. The molecule has 0 saturated heterocycles. The minimum Gasteiger partial charge on any atom is -0.472 e. The van der Waals surface area contributed by atoms with Crippen LogP contribution in [0.1, 0.15) is 11.1 Å². The maximum absolute atomic E-state index is 12.2. The Balaban J connectivity index is 1.80. The largest absolute Gasteiger partial charge is 0.472 e.